The van der Waals surface area contributed by atoms with E-state index in [0.717, 1.165) is 38.5 Å². The molecular weight excluding hydrogens is 592 g/mol. The number of carbonyl (C=O) groups is 2. The minimum absolute atomic E-state index is 0.107. The zero-order valence-corrected chi connectivity index (χ0v) is 27.2. The first-order chi connectivity index (χ1) is 21.1. The summed E-state index contributed by atoms with van der Waals surface area (Å²) in [5, 5.41) is 99.6. The number of Topliss-reactive ketones (excluding diaryl/α,β-unsaturated/α-hetero) is 1. The van der Waals surface area contributed by atoms with E-state index in [1.54, 1.807) is 0 Å². The van der Waals surface area contributed by atoms with Crippen LogP contribution in [0.1, 0.15) is 111 Å². The highest BCUT2D eigenvalue weighted by Crippen LogP contribution is 2.51. The van der Waals surface area contributed by atoms with Gasteiger partial charge in [0.15, 0.2) is 11.2 Å². The summed E-state index contributed by atoms with van der Waals surface area (Å²) in [6.07, 6.45) is -13.3. The molecule has 2 rings (SSSR count). The zero-order valence-electron chi connectivity index (χ0n) is 27.2. The molecule has 0 bridgehead atoms. The maximum absolute atomic E-state index is 14.5. The predicted molar refractivity (Wildman–Crippen MR) is 162 cm³/mol. The number of hydrogen-bond donors (Lipinski definition) is 9. The summed E-state index contributed by atoms with van der Waals surface area (Å²) in [5.41, 5.74) is -6.24. The number of hydrogen-bond acceptors (Lipinski definition) is 12. The van der Waals surface area contributed by atoms with Crippen molar-refractivity contribution in [3.05, 3.63) is 0 Å². The van der Waals surface area contributed by atoms with Crippen LogP contribution in [0.3, 0.4) is 0 Å². The fourth-order valence-corrected chi connectivity index (χ4v) is 6.94. The first-order valence-corrected chi connectivity index (χ1v) is 16.7. The Bertz CT molecular complexity index is 919. The Hall–Kier alpha value is -1.26. The summed E-state index contributed by atoms with van der Waals surface area (Å²) in [5.74, 6) is -3.45. The molecule has 2 aliphatic heterocycles. The minimum atomic E-state index is -3.28. The molecule has 0 amide bonds. The second-order valence-electron chi connectivity index (χ2n) is 13.1. The van der Waals surface area contributed by atoms with Gasteiger partial charge in [-0.05, 0) is 26.7 Å². The number of carbonyl (C=O) groups excluding carboxylic acids is 1. The van der Waals surface area contributed by atoms with Crippen LogP contribution in [0.25, 0.3) is 0 Å². The summed E-state index contributed by atoms with van der Waals surface area (Å²) in [6.45, 7) is 6.66. The van der Waals surface area contributed by atoms with Crippen LogP contribution in [-0.4, -0.2) is 130 Å². The smallest absolute Gasteiger partial charge is 0.323 e. The van der Waals surface area contributed by atoms with Crippen LogP contribution >= 0.6 is 0 Å². The van der Waals surface area contributed by atoms with E-state index in [1.165, 1.54) is 13.8 Å². The number of carboxylic acid groups (broad SMARTS) is 1. The number of aliphatic hydroxyl groups excluding tert-OH is 7. The normalized spacial score (nSPS) is 35.7. The van der Waals surface area contributed by atoms with Crippen molar-refractivity contribution in [2.24, 2.45) is 5.41 Å². The van der Waals surface area contributed by atoms with E-state index in [4.69, 9.17) is 9.47 Å². The van der Waals surface area contributed by atoms with Crippen molar-refractivity contribution in [2.45, 2.75) is 184 Å². The van der Waals surface area contributed by atoms with Gasteiger partial charge in [-0.25, -0.2) is 0 Å². The summed E-state index contributed by atoms with van der Waals surface area (Å²) < 4.78 is 11.6. The van der Waals surface area contributed by atoms with Crippen molar-refractivity contribution in [3.8, 4) is 0 Å². The summed E-state index contributed by atoms with van der Waals surface area (Å²) in [4.78, 5) is 28.1. The fraction of sp³-hybridized carbons (Fsp3) is 0.938. The van der Waals surface area contributed by atoms with Gasteiger partial charge in [0.05, 0.1) is 12.2 Å². The molecule has 0 aromatic heterocycles. The number of unbranched alkanes of at least 4 members (excludes halogenated alkanes) is 9. The van der Waals surface area contributed by atoms with Gasteiger partial charge in [-0.1, -0.05) is 84.5 Å². The lowest BCUT2D eigenvalue weighted by Gasteiger charge is -2.56. The van der Waals surface area contributed by atoms with E-state index in [9.17, 15) is 55.5 Å². The Kier molecular flexibility index (Phi) is 15.8. The predicted octanol–water partition coefficient (Wildman–Crippen LogP) is 0.570. The minimum Gasteiger partial charge on any atom is -0.480 e. The molecule has 2 heterocycles. The maximum Gasteiger partial charge on any atom is 0.323 e. The van der Waals surface area contributed by atoms with Gasteiger partial charge in [0.2, 0.25) is 0 Å². The lowest BCUT2D eigenvalue weighted by Crippen LogP contribution is -2.78. The van der Waals surface area contributed by atoms with Gasteiger partial charge in [-0.2, -0.15) is 0 Å². The van der Waals surface area contributed by atoms with Crippen LogP contribution in [0.15, 0.2) is 0 Å². The summed E-state index contributed by atoms with van der Waals surface area (Å²) in [6, 6.07) is 0. The van der Waals surface area contributed by atoms with Crippen molar-refractivity contribution in [1.29, 1.82) is 0 Å². The van der Waals surface area contributed by atoms with Gasteiger partial charge in [-0.3, -0.25) is 9.59 Å². The van der Waals surface area contributed by atoms with E-state index < -0.39 is 96.3 Å². The van der Waals surface area contributed by atoms with Crippen molar-refractivity contribution in [2.75, 3.05) is 0 Å². The first kappa shape index (κ1) is 39.9. The SMILES string of the molecule is CCCCCCCCC(O)C(=O)C(C(=O)O)(C1O[C@@H](C)[C@H](O)[C@@H](O)[C@H]1O)C(O)(CCCCCCC)C1O[C@@H](C)[C@H](O)[C@@H](O)[C@H]1O. The highest BCUT2D eigenvalue weighted by atomic mass is 16.6. The molecule has 13 atom stereocenters. The third-order valence-electron chi connectivity index (χ3n) is 9.81. The average Bonchev–Trinajstić information content (AvgIpc) is 3.00. The molecule has 0 radical (unpaired) electrons. The van der Waals surface area contributed by atoms with Gasteiger partial charge in [-0.15, -0.1) is 0 Å². The Morgan fingerprint density at radius 3 is 1.56 bits per heavy atom. The quantitative estimate of drug-likeness (QED) is 0.0688. The van der Waals surface area contributed by atoms with E-state index in [2.05, 4.69) is 6.92 Å². The van der Waals surface area contributed by atoms with E-state index in [1.807, 2.05) is 6.92 Å². The van der Waals surface area contributed by atoms with Crippen molar-refractivity contribution in [1.82, 2.24) is 0 Å². The third kappa shape index (κ3) is 8.43. The first-order valence-electron chi connectivity index (χ1n) is 16.7. The largest absolute Gasteiger partial charge is 0.480 e. The third-order valence-corrected chi connectivity index (χ3v) is 9.81. The van der Waals surface area contributed by atoms with Crippen molar-refractivity contribution in [3.63, 3.8) is 0 Å². The second kappa shape index (κ2) is 17.8. The topological polar surface area (TPSA) is 235 Å². The van der Waals surface area contributed by atoms with E-state index in [-0.39, 0.29) is 12.8 Å². The molecule has 0 aromatic rings. The van der Waals surface area contributed by atoms with Crippen LogP contribution < -0.4 is 0 Å². The van der Waals surface area contributed by atoms with Gasteiger partial charge in [0, 0.05) is 0 Å². The fourth-order valence-electron chi connectivity index (χ4n) is 6.94. The molecule has 2 fully saturated rings. The van der Waals surface area contributed by atoms with Crippen LogP contribution in [0.2, 0.25) is 0 Å². The lowest BCUT2D eigenvalue weighted by atomic mass is 9.56. The molecular formula is C32H58O13. The molecule has 13 heteroatoms. The van der Waals surface area contributed by atoms with Crippen molar-refractivity contribution < 1.29 is 65.0 Å². The van der Waals surface area contributed by atoms with Gasteiger partial charge in [0.25, 0.3) is 0 Å². The zero-order chi connectivity index (χ0) is 34.1. The Morgan fingerprint density at radius 1 is 0.644 bits per heavy atom. The maximum atomic E-state index is 14.5. The van der Waals surface area contributed by atoms with E-state index in [0.29, 0.717) is 25.7 Å². The Morgan fingerprint density at radius 2 is 1.07 bits per heavy atom. The molecule has 9 N–H and O–H groups in total. The van der Waals surface area contributed by atoms with Crippen LogP contribution in [0, 0.1) is 5.41 Å². The number of carboxylic acids is 1. The van der Waals surface area contributed by atoms with Gasteiger partial charge >= 0.3 is 5.97 Å². The van der Waals surface area contributed by atoms with Gasteiger partial charge < -0.3 is 55.4 Å². The van der Waals surface area contributed by atoms with E-state index >= 15 is 0 Å². The molecule has 2 aliphatic rings. The molecule has 5 unspecified atom stereocenters. The molecule has 0 saturated carbocycles. The highest BCUT2D eigenvalue weighted by molar-refractivity contribution is 6.07. The summed E-state index contributed by atoms with van der Waals surface area (Å²) in [7, 11) is 0. The monoisotopic (exact) mass is 650 g/mol. The number of aliphatic hydroxyl groups is 8. The van der Waals surface area contributed by atoms with Crippen LogP contribution in [0.4, 0.5) is 0 Å². The molecule has 0 spiro atoms. The van der Waals surface area contributed by atoms with Crippen molar-refractivity contribution >= 4 is 11.8 Å². The molecule has 45 heavy (non-hydrogen) atoms. The standard InChI is InChI=1S/C32H58O13/c1-5-7-9-11-12-14-16-20(33)27(40)32(30(41)42,29-26(39)24(37)22(35)19(4)45-29)31(43,17-15-13-10-8-6-2)28-25(38)23(36)21(34)18(3)44-28/h18-26,28-29,33-39,43H,5-17H2,1-4H3,(H,41,42)/t18-,19-,20?,21-,22-,23+,24+,25+,26+,28?,29?,31?,32?/m0/s1. The molecule has 264 valence electrons. The Balaban J connectivity index is 2.74. The molecule has 2 saturated heterocycles. The van der Waals surface area contributed by atoms with Crippen LogP contribution in [-0.2, 0) is 19.1 Å². The molecule has 0 aromatic carbocycles. The lowest BCUT2D eigenvalue weighted by molar-refractivity contribution is -0.312. The second-order valence-corrected chi connectivity index (χ2v) is 13.1. The molecule has 0 aliphatic carbocycles. The summed E-state index contributed by atoms with van der Waals surface area (Å²) >= 11 is 0. The number of ether oxygens (including phenoxy) is 2. The average molecular weight is 651 g/mol. The highest BCUT2D eigenvalue weighted by Gasteiger charge is 2.74. The van der Waals surface area contributed by atoms with Gasteiger partial charge in [0.1, 0.15) is 60.5 Å². The number of aliphatic carboxylic acids is 1. The van der Waals surface area contributed by atoms with Crippen LogP contribution in [0.5, 0.6) is 0 Å². The Labute approximate surface area is 266 Å². The number of rotatable bonds is 19. The molecule has 13 nitrogen and oxygen atoms in total. The number of ketones is 1.